The molecule has 0 aliphatic rings. The molecule has 1 aromatic carbocycles. The average Bonchev–Trinajstić information content (AvgIpc) is 2.16. The Morgan fingerprint density at radius 1 is 1.38 bits per heavy atom. The Bertz CT molecular complexity index is 337. The highest BCUT2D eigenvalue weighted by Gasteiger charge is 2.09. The van der Waals surface area contributed by atoms with Crippen LogP contribution in [0.15, 0.2) is 22.7 Å². The Kier molecular flexibility index (Phi) is 5.29. The van der Waals surface area contributed by atoms with Gasteiger partial charge in [-0.25, -0.2) is 0 Å². The van der Waals surface area contributed by atoms with Gasteiger partial charge in [0.15, 0.2) is 0 Å². The zero-order chi connectivity index (χ0) is 12.1. The molecule has 1 unspecified atom stereocenters. The maximum Gasteiger partial charge on any atom is 0.133 e. The fraction of sp³-hybridized carbons (Fsp3) is 0.538. The molecule has 0 bridgehead atoms. The van der Waals surface area contributed by atoms with Crippen LogP contribution in [0.4, 0.5) is 0 Å². The van der Waals surface area contributed by atoms with E-state index < -0.39 is 0 Å². The summed E-state index contributed by atoms with van der Waals surface area (Å²) in [6, 6.07) is 5.91. The Morgan fingerprint density at radius 3 is 2.56 bits per heavy atom. The predicted octanol–water partition coefficient (Wildman–Crippen LogP) is 3.41. The maximum absolute atomic E-state index is 9.84. The summed E-state index contributed by atoms with van der Waals surface area (Å²) in [6.07, 6.45) is 1.27. The summed E-state index contributed by atoms with van der Waals surface area (Å²) in [4.78, 5) is 0. The molecular weight excluding hydrogens is 268 g/mol. The predicted molar refractivity (Wildman–Crippen MR) is 69.9 cm³/mol. The van der Waals surface area contributed by atoms with Crippen molar-refractivity contribution in [3.05, 3.63) is 28.2 Å². The number of aliphatic hydroxyl groups is 1. The molecule has 0 saturated carbocycles. The van der Waals surface area contributed by atoms with Crippen molar-refractivity contribution in [1.29, 1.82) is 0 Å². The first-order valence-corrected chi connectivity index (χ1v) is 6.32. The van der Waals surface area contributed by atoms with Gasteiger partial charge in [-0.3, -0.25) is 0 Å². The minimum Gasteiger partial charge on any atom is -0.496 e. The third kappa shape index (κ3) is 4.14. The highest BCUT2D eigenvalue weighted by molar-refractivity contribution is 9.10. The Balaban J connectivity index is 2.64. The van der Waals surface area contributed by atoms with Gasteiger partial charge in [-0.2, -0.15) is 0 Å². The van der Waals surface area contributed by atoms with Gasteiger partial charge in [0.1, 0.15) is 5.75 Å². The van der Waals surface area contributed by atoms with Crippen molar-refractivity contribution in [3.63, 3.8) is 0 Å². The molecule has 90 valence electrons. The summed E-state index contributed by atoms with van der Waals surface area (Å²) >= 11 is 3.44. The van der Waals surface area contributed by atoms with Crippen LogP contribution in [0.3, 0.4) is 0 Å². The maximum atomic E-state index is 9.84. The second kappa shape index (κ2) is 6.26. The van der Waals surface area contributed by atoms with E-state index >= 15 is 0 Å². The van der Waals surface area contributed by atoms with Crippen LogP contribution in [0.2, 0.25) is 0 Å². The number of aliphatic hydroxyl groups excluding tert-OH is 1. The lowest BCUT2D eigenvalue weighted by molar-refractivity contribution is 0.149. The van der Waals surface area contributed by atoms with Crippen LogP contribution >= 0.6 is 15.9 Å². The lowest BCUT2D eigenvalue weighted by atomic mass is 10.00. The number of halogens is 1. The molecule has 1 aromatic rings. The summed E-state index contributed by atoms with van der Waals surface area (Å²) in [5.41, 5.74) is 1.13. The minimum atomic E-state index is -0.264. The number of benzene rings is 1. The zero-order valence-corrected chi connectivity index (χ0v) is 11.6. The second-order valence-corrected chi connectivity index (χ2v) is 5.31. The molecule has 0 aliphatic carbocycles. The second-order valence-electron chi connectivity index (χ2n) is 4.46. The lowest BCUT2D eigenvalue weighted by Gasteiger charge is -2.13. The topological polar surface area (TPSA) is 29.5 Å². The van der Waals surface area contributed by atoms with Crippen molar-refractivity contribution in [2.24, 2.45) is 5.92 Å². The first-order valence-electron chi connectivity index (χ1n) is 5.53. The Morgan fingerprint density at radius 2 is 2.06 bits per heavy atom. The van der Waals surface area contributed by atoms with E-state index in [0.29, 0.717) is 12.3 Å². The number of methoxy groups -OCH3 is 1. The van der Waals surface area contributed by atoms with Gasteiger partial charge >= 0.3 is 0 Å². The zero-order valence-electron chi connectivity index (χ0n) is 10.0. The van der Waals surface area contributed by atoms with Crippen LogP contribution in [0.1, 0.15) is 25.8 Å². The van der Waals surface area contributed by atoms with Crippen molar-refractivity contribution < 1.29 is 9.84 Å². The van der Waals surface area contributed by atoms with Crippen molar-refractivity contribution in [2.45, 2.75) is 32.8 Å². The molecule has 3 heteroatoms. The van der Waals surface area contributed by atoms with Crippen LogP contribution in [-0.2, 0) is 6.42 Å². The van der Waals surface area contributed by atoms with Gasteiger partial charge in [0.2, 0.25) is 0 Å². The number of hydrogen-bond donors (Lipinski definition) is 1. The van der Waals surface area contributed by atoms with Crippen LogP contribution in [-0.4, -0.2) is 18.3 Å². The van der Waals surface area contributed by atoms with E-state index in [4.69, 9.17) is 4.74 Å². The number of ether oxygens (including phenoxy) is 1. The summed E-state index contributed by atoms with van der Waals surface area (Å²) in [5.74, 6) is 1.35. The first-order chi connectivity index (χ1) is 7.52. The van der Waals surface area contributed by atoms with E-state index in [1.165, 1.54) is 0 Å². The molecule has 0 spiro atoms. The molecule has 0 amide bonds. The molecule has 1 N–H and O–H groups in total. The van der Waals surface area contributed by atoms with Gasteiger partial charge in [-0.15, -0.1) is 0 Å². The van der Waals surface area contributed by atoms with Crippen molar-refractivity contribution >= 4 is 15.9 Å². The normalized spacial score (nSPS) is 12.9. The molecule has 0 aromatic heterocycles. The van der Waals surface area contributed by atoms with Crippen LogP contribution in [0, 0.1) is 5.92 Å². The van der Waals surface area contributed by atoms with Crippen LogP contribution in [0.25, 0.3) is 0 Å². The van der Waals surface area contributed by atoms with Crippen molar-refractivity contribution in [1.82, 2.24) is 0 Å². The van der Waals surface area contributed by atoms with Crippen molar-refractivity contribution in [3.8, 4) is 5.75 Å². The monoisotopic (exact) mass is 286 g/mol. The average molecular weight is 287 g/mol. The molecule has 0 aliphatic heterocycles. The van der Waals surface area contributed by atoms with Gasteiger partial charge in [-0.05, 0) is 52.4 Å². The highest BCUT2D eigenvalue weighted by Crippen LogP contribution is 2.26. The lowest BCUT2D eigenvalue weighted by Crippen LogP contribution is -2.13. The summed E-state index contributed by atoms with van der Waals surface area (Å²) < 4.78 is 6.09. The number of rotatable bonds is 5. The van der Waals surface area contributed by atoms with Crippen LogP contribution in [0.5, 0.6) is 5.75 Å². The molecule has 0 radical (unpaired) electrons. The van der Waals surface area contributed by atoms with Gasteiger partial charge in [0, 0.05) is 0 Å². The van der Waals surface area contributed by atoms with E-state index in [-0.39, 0.29) is 6.10 Å². The molecule has 0 heterocycles. The van der Waals surface area contributed by atoms with Gasteiger partial charge in [0.05, 0.1) is 17.7 Å². The molecule has 1 atom stereocenters. The highest BCUT2D eigenvalue weighted by atomic mass is 79.9. The standard InChI is InChI=1S/C13H19BrO2/c1-9(2)6-11(15)7-10-4-5-13(16-3)12(14)8-10/h4-5,8-9,11,15H,6-7H2,1-3H3. The molecule has 0 saturated heterocycles. The van der Waals surface area contributed by atoms with Gasteiger partial charge in [0.25, 0.3) is 0 Å². The largest absolute Gasteiger partial charge is 0.496 e. The Labute approximate surface area is 106 Å². The van der Waals surface area contributed by atoms with E-state index in [9.17, 15) is 5.11 Å². The quantitative estimate of drug-likeness (QED) is 0.899. The van der Waals surface area contributed by atoms with E-state index in [2.05, 4.69) is 29.8 Å². The van der Waals surface area contributed by atoms with E-state index in [1.807, 2.05) is 18.2 Å². The molecule has 1 rings (SSSR count). The SMILES string of the molecule is COc1ccc(CC(O)CC(C)C)cc1Br. The third-order valence-corrected chi connectivity index (χ3v) is 3.05. The molecule has 2 nitrogen and oxygen atoms in total. The van der Waals surface area contributed by atoms with Crippen molar-refractivity contribution in [2.75, 3.05) is 7.11 Å². The molecule has 0 fully saturated rings. The fourth-order valence-electron chi connectivity index (χ4n) is 1.74. The van der Waals surface area contributed by atoms with Gasteiger partial charge < -0.3 is 9.84 Å². The minimum absolute atomic E-state index is 0.264. The number of hydrogen-bond acceptors (Lipinski definition) is 2. The fourth-order valence-corrected chi connectivity index (χ4v) is 2.32. The van der Waals surface area contributed by atoms with E-state index in [1.54, 1.807) is 7.11 Å². The Hall–Kier alpha value is -0.540. The third-order valence-electron chi connectivity index (χ3n) is 2.43. The van der Waals surface area contributed by atoms with E-state index in [0.717, 1.165) is 22.2 Å². The first kappa shape index (κ1) is 13.5. The smallest absolute Gasteiger partial charge is 0.133 e. The van der Waals surface area contributed by atoms with Gasteiger partial charge in [-0.1, -0.05) is 19.9 Å². The van der Waals surface area contributed by atoms with Crippen LogP contribution < -0.4 is 4.74 Å². The summed E-state index contributed by atoms with van der Waals surface area (Å²) in [7, 11) is 1.65. The molecule has 16 heavy (non-hydrogen) atoms. The summed E-state index contributed by atoms with van der Waals surface area (Å²) in [5, 5.41) is 9.84. The summed E-state index contributed by atoms with van der Waals surface area (Å²) in [6.45, 7) is 4.24. The molecular formula is C13H19BrO2.